The first-order chi connectivity index (χ1) is 13.9. The highest BCUT2D eigenvalue weighted by Gasteiger charge is 2.21. The Balaban J connectivity index is 1.77. The summed E-state index contributed by atoms with van der Waals surface area (Å²) in [5.74, 6) is -0.544. The second kappa shape index (κ2) is 7.77. The van der Waals surface area contributed by atoms with E-state index >= 15 is 0 Å². The van der Waals surface area contributed by atoms with Gasteiger partial charge in [-0.05, 0) is 43.0 Å². The van der Waals surface area contributed by atoms with Gasteiger partial charge in [0.15, 0.2) is 0 Å². The molecule has 0 radical (unpaired) electrons. The van der Waals surface area contributed by atoms with E-state index in [4.69, 9.17) is 0 Å². The Morgan fingerprint density at radius 1 is 1.24 bits per heavy atom. The van der Waals surface area contributed by atoms with Crippen molar-refractivity contribution in [2.45, 2.75) is 58.0 Å². The highest BCUT2D eigenvalue weighted by atomic mass is 19.1. The normalized spacial score (nSPS) is 14.8. The minimum absolute atomic E-state index is 0.0353. The number of amides is 1. The molecule has 0 bridgehead atoms. The van der Waals surface area contributed by atoms with Crippen LogP contribution in [0.2, 0.25) is 0 Å². The predicted octanol–water partition coefficient (Wildman–Crippen LogP) is 2.90. The minimum atomic E-state index is -0.396. The van der Waals surface area contributed by atoms with Crippen LogP contribution in [0, 0.1) is 5.82 Å². The molecule has 1 amide bonds. The summed E-state index contributed by atoms with van der Waals surface area (Å²) in [5.41, 5.74) is 1.21. The van der Waals surface area contributed by atoms with Crippen molar-refractivity contribution in [1.82, 2.24) is 24.9 Å². The van der Waals surface area contributed by atoms with Crippen molar-refractivity contribution in [1.29, 1.82) is 0 Å². The number of aromatic nitrogens is 4. The summed E-state index contributed by atoms with van der Waals surface area (Å²) in [5, 5.41) is 12.4. The standard InChI is InChI=1S/C21H24FN5O2/c1-13(2)19-17-11-23-27(16-9-7-14(22)8-10-16)20(17)21(29)26(25-19)12-18(28)24-15-5-3-4-6-15/h7-11,13,15H,3-6,12H2,1-2H3,(H,24,28). The minimum Gasteiger partial charge on any atom is -0.352 e. The number of nitrogens with one attached hydrogen (secondary N) is 1. The Hall–Kier alpha value is -3.03. The van der Waals surface area contributed by atoms with Crippen LogP contribution in [0.25, 0.3) is 16.6 Å². The van der Waals surface area contributed by atoms with Crippen molar-refractivity contribution in [2.24, 2.45) is 0 Å². The van der Waals surface area contributed by atoms with Gasteiger partial charge in [0.05, 0.1) is 17.6 Å². The lowest BCUT2D eigenvalue weighted by Gasteiger charge is -2.14. The fraction of sp³-hybridized carbons (Fsp3) is 0.429. The van der Waals surface area contributed by atoms with Crippen LogP contribution >= 0.6 is 0 Å². The summed E-state index contributed by atoms with van der Waals surface area (Å²) in [4.78, 5) is 25.7. The van der Waals surface area contributed by atoms with Crippen molar-refractivity contribution >= 4 is 16.8 Å². The first-order valence-corrected chi connectivity index (χ1v) is 9.98. The van der Waals surface area contributed by atoms with Gasteiger partial charge in [0.25, 0.3) is 5.56 Å². The summed E-state index contributed by atoms with van der Waals surface area (Å²) >= 11 is 0. The van der Waals surface area contributed by atoms with Gasteiger partial charge < -0.3 is 5.32 Å². The molecule has 0 unspecified atom stereocenters. The van der Waals surface area contributed by atoms with Gasteiger partial charge >= 0.3 is 0 Å². The maximum Gasteiger partial charge on any atom is 0.293 e. The zero-order valence-corrected chi connectivity index (χ0v) is 16.6. The molecule has 0 spiro atoms. The Bertz CT molecular complexity index is 1090. The number of fused-ring (bicyclic) bond motifs is 1. The fourth-order valence-electron chi connectivity index (χ4n) is 3.88. The Morgan fingerprint density at radius 2 is 1.93 bits per heavy atom. The lowest BCUT2D eigenvalue weighted by Crippen LogP contribution is -2.39. The molecule has 2 heterocycles. The summed E-state index contributed by atoms with van der Waals surface area (Å²) in [6.07, 6.45) is 5.78. The largest absolute Gasteiger partial charge is 0.352 e. The van der Waals surface area contributed by atoms with E-state index in [9.17, 15) is 14.0 Å². The van der Waals surface area contributed by atoms with Crippen molar-refractivity contribution in [3.05, 3.63) is 52.3 Å². The molecular formula is C21H24FN5O2. The molecule has 0 atom stereocenters. The van der Waals surface area contributed by atoms with E-state index in [1.165, 1.54) is 21.5 Å². The van der Waals surface area contributed by atoms with Crippen molar-refractivity contribution in [2.75, 3.05) is 0 Å². The van der Waals surface area contributed by atoms with Crippen molar-refractivity contribution in [3.63, 3.8) is 0 Å². The van der Waals surface area contributed by atoms with Crippen LogP contribution < -0.4 is 10.9 Å². The number of hydrogen-bond acceptors (Lipinski definition) is 4. The van der Waals surface area contributed by atoms with Crippen LogP contribution in [0.4, 0.5) is 4.39 Å². The van der Waals surface area contributed by atoms with Gasteiger partial charge in [-0.15, -0.1) is 0 Å². The van der Waals surface area contributed by atoms with E-state index in [-0.39, 0.29) is 30.2 Å². The molecule has 3 aromatic rings. The molecule has 4 rings (SSSR count). The second-order valence-corrected chi connectivity index (χ2v) is 7.85. The van der Waals surface area contributed by atoms with Gasteiger partial charge in [-0.1, -0.05) is 26.7 Å². The Morgan fingerprint density at radius 3 is 2.59 bits per heavy atom. The Labute approximate surface area is 167 Å². The molecule has 1 fully saturated rings. The number of hydrogen-bond donors (Lipinski definition) is 1. The summed E-state index contributed by atoms with van der Waals surface area (Å²) in [6, 6.07) is 5.94. The van der Waals surface area contributed by atoms with Crippen LogP contribution in [0.1, 0.15) is 51.1 Å². The quantitative estimate of drug-likeness (QED) is 0.718. The summed E-state index contributed by atoms with van der Waals surface area (Å²) in [6.45, 7) is 3.81. The van der Waals surface area contributed by atoms with Crippen molar-refractivity contribution in [3.8, 4) is 5.69 Å². The molecule has 0 aliphatic heterocycles. The molecule has 0 saturated heterocycles. The molecule has 1 aromatic carbocycles. The van der Waals surface area contributed by atoms with Gasteiger partial charge in [-0.25, -0.2) is 13.8 Å². The molecule has 2 aromatic heterocycles. The van der Waals surface area contributed by atoms with Crippen LogP contribution in [0.5, 0.6) is 0 Å². The van der Waals surface area contributed by atoms with E-state index in [1.807, 2.05) is 13.8 Å². The maximum atomic E-state index is 13.3. The number of benzene rings is 1. The highest BCUT2D eigenvalue weighted by molar-refractivity contribution is 5.82. The van der Waals surface area contributed by atoms with E-state index in [1.54, 1.807) is 18.3 Å². The van der Waals surface area contributed by atoms with E-state index in [2.05, 4.69) is 15.5 Å². The first kappa shape index (κ1) is 19.3. The molecule has 1 N–H and O–H groups in total. The van der Waals surface area contributed by atoms with E-state index in [0.717, 1.165) is 25.7 Å². The van der Waals surface area contributed by atoms with Crippen LogP contribution in [-0.2, 0) is 11.3 Å². The molecule has 1 aliphatic rings. The predicted molar refractivity (Wildman–Crippen MR) is 108 cm³/mol. The summed E-state index contributed by atoms with van der Waals surface area (Å²) in [7, 11) is 0. The highest BCUT2D eigenvalue weighted by Crippen LogP contribution is 2.23. The molecule has 1 aliphatic carbocycles. The zero-order valence-electron chi connectivity index (χ0n) is 16.6. The number of halogens is 1. The van der Waals surface area contributed by atoms with Crippen LogP contribution in [-0.4, -0.2) is 31.5 Å². The number of carbonyl (C=O) groups excluding carboxylic acids is 1. The van der Waals surface area contributed by atoms with Gasteiger partial charge in [-0.2, -0.15) is 10.2 Å². The smallest absolute Gasteiger partial charge is 0.293 e. The number of rotatable bonds is 5. The summed E-state index contributed by atoms with van der Waals surface area (Å²) < 4.78 is 16.0. The maximum absolute atomic E-state index is 13.3. The first-order valence-electron chi connectivity index (χ1n) is 9.98. The van der Waals surface area contributed by atoms with Gasteiger partial charge in [0.2, 0.25) is 5.91 Å². The average Bonchev–Trinajstić information content (AvgIpc) is 3.34. The molecule has 152 valence electrons. The van der Waals surface area contributed by atoms with Crippen LogP contribution in [0.15, 0.2) is 35.3 Å². The number of nitrogens with zero attached hydrogens (tertiary/aromatic N) is 4. The van der Waals surface area contributed by atoms with E-state index in [0.29, 0.717) is 22.3 Å². The molecule has 29 heavy (non-hydrogen) atoms. The topological polar surface area (TPSA) is 81.8 Å². The Kier molecular flexibility index (Phi) is 5.17. The molecular weight excluding hydrogens is 373 g/mol. The second-order valence-electron chi connectivity index (χ2n) is 7.85. The van der Waals surface area contributed by atoms with Gasteiger partial charge in [0.1, 0.15) is 17.9 Å². The van der Waals surface area contributed by atoms with E-state index < -0.39 is 5.56 Å². The third kappa shape index (κ3) is 3.79. The average molecular weight is 397 g/mol. The third-order valence-corrected chi connectivity index (χ3v) is 5.34. The zero-order chi connectivity index (χ0) is 20.5. The monoisotopic (exact) mass is 397 g/mol. The molecule has 7 nitrogen and oxygen atoms in total. The van der Waals surface area contributed by atoms with Gasteiger partial charge in [-0.3, -0.25) is 9.59 Å². The lowest BCUT2D eigenvalue weighted by molar-refractivity contribution is -0.122. The SMILES string of the molecule is CC(C)c1nn(CC(=O)NC2CCCC2)c(=O)c2c1cnn2-c1ccc(F)cc1. The van der Waals surface area contributed by atoms with Crippen LogP contribution in [0.3, 0.4) is 0 Å². The number of carbonyl (C=O) groups is 1. The lowest BCUT2D eigenvalue weighted by atomic mass is 10.1. The molecule has 1 saturated carbocycles. The van der Waals surface area contributed by atoms with Crippen molar-refractivity contribution < 1.29 is 9.18 Å². The molecule has 8 heteroatoms. The fourth-order valence-corrected chi connectivity index (χ4v) is 3.88. The third-order valence-electron chi connectivity index (χ3n) is 5.34. The van der Waals surface area contributed by atoms with Gasteiger partial charge in [0, 0.05) is 11.4 Å².